The molecule has 8 rings (SSSR count). The first-order chi connectivity index (χ1) is 22.9. The van der Waals surface area contributed by atoms with Crippen molar-refractivity contribution in [3.8, 4) is 44.5 Å². The van der Waals surface area contributed by atoms with Crippen molar-refractivity contribution in [3.63, 3.8) is 0 Å². The smallest absolute Gasteiger partial charge is 0.0809 e. The van der Waals surface area contributed by atoms with Gasteiger partial charge in [0, 0.05) is 5.56 Å². The van der Waals surface area contributed by atoms with Gasteiger partial charge in [-0.15, -0.1) is 0 Å². The van der Waals surface area contributed by atoms with E-state index in [9.17, 15) is 0 Å². The SMILES string of the molecule is Clc1c(Cl)c(Cl)c(-c2ccc3c(-c4ccc(-c5ccccc5)cc4)c4ccccc4c(-c4cccc5ccccc45)c3c2)c(Cl)c1Cl. The second-order valence-electron chi connectivity index (χ2n) is 11.5. The molecule has 0 unspecified atom stereocenters. The summed E-state index contributed by atoms with van der Waals surface area (Å²) in [7, 11) is 0. The molecule has 0 nitrogen and oxygen atoms in total. The Kier molecular flexibility index (Phi) is 7.88. The lowest BCUT2D eigenvalue weighted by Crippen LogP contribution is -1.93. The summed E-state index contributed by atoms with van der Waals surface area (Å²) in [5.74, 6) is 0. The minimum Gasteiger partial charge on any atom is -0.0819 e. The topological polar surface area (TPSA) is 0 Å². The number of hydrogen-bond donors (Lipinski definition) is 0. The summed E-state index contributed by atoms with van der Waals surface area (Å²) >= 11 is 33.1. The van der Waals surface area contributed by atoms with Crippen molar-refractivity contribution in [1.82, 2.24) is 0 Å². The van der Waals surface area contributed by atoms with E-state index in [0.29, 0.717) is 5.56 Å². The van der Waals surface area contributed by atoms with Gasteiger partial charge in [0.15, 0.2) is 0 Å². The highest BCUT2D eigenvalue weighted by Gasteiger charge is 2.23. The number of benzene rings is 8. The average Bonchev–Trinajstić information content (AvgIpc) is 3.12. The van der Waals surface area contributed by atoms with Crippen molar-refractivity contribution in [3.05, 3.63) is 165 Å². The zero-order chi connectivity index (χ0) is 32.2. The van der Waals surface area contributed by atoms with Gasteiger partial charge >= 0.3 is 0 Å². The van der Waals surface area contributed by atoms with E-state index >= 15 is 0 Å². The van der Waals surface area contributed by atoms with Crippen LogP contribution in [0.3, 0.4) is 0 Å². The molecule has 8 aromatic carbocycles. The van der Waals surface area contributed by atoms with Gasteiger partial charge < -0.3 is 0 Å². The molecule has 0 saturated carbocycles. The maximum atomic E-state index is 6.82. The van der Waals surface area contributed by atoms with Crippen LogP contribution in [0.15, 0.2) is 140 Å². The van der Waals surface area contributed by atoms with Crippen molar-refractivity contribution in [2.45, 2.75) is 0 Å². The van der Waals surface area contributed by atoms with Gasteiger partial charge in [-0.1, -0.05) is 191 Å². The quantitative estimate of drug-likeness (QED) is 0.0972. The van der Waals surface area contributed by atoms with Gasteiger partial charge in [-0.25, -0.2) is 0 Å². The van der Waals surface area contributed by atoms with Crippen molar-refractivity contribution >= 4 is 90.3 Å². The summed E-state index contributed by atoms with van der Waals surface area (Å²) in [6.07, 6.45) is 0. The Hall–Kier alpha value is -4.01. The summed E-state index contributed by atoms with van der Waals surface area (Å²) in [4.78, 5) is 0. The highest BCUT2D eigenvalue weighted by molar-refractivity contribution is 6.56. The minimum absolute atomic E-state index is 0.136. The summed E-state index contributed by atoms with van der Waals surface area (Å²) < 4.78 is 0. The highest BCUT2D eigenvalue weighted by atomic mass is 35.5. The van der Waals surface area contributed by atoms with Gasteiger partial charge in [0.2, 0.25) is 0 Å². The zero-order valence-corrected chi connectivity index (χ0v) is 28.4. The van der Waals surface area contributed by atoms with Crippen LogP contribution < -0.4 is 0 Å². The number of hydrogen-bond acceptors (Lipinski definition) is 0. The summed E-state index contributed by atoms with van der Waals surface area (Å²) in [6.45, 7) is 0. The fourth-order valence-electron chi connectivity index (χ4n) is 6.70. The molecular formula is C42H23Cl5. The maximum absolute atomic E-state index is 6.82. The molecule has 0 bridgehead atoms. The molecule has 0 heterocycles. The fraction of sp³-hybridized carbons (Fsp3) is 0. The molecular weight excluding hydrogens is 682 g/mol. The second kappa shape index (κ2) is 12.2. The number of halogens is 5. The van der Waals surface area contributed by atoms with Crippen LogP contribution in [0.4, 0.5) is 0 Å². The molecule has 0 saturated heterocycles. The normalized spacial score (nSPS) is 11.5. The van der Waals surface area contributed by atoms with Crippen LogP contribution in [0, 0.1) is 0 Å². The highest BCUT2D eigenvalue weighted by Crippen LogP contribution is 2.51. The summed E-state index contributed by atoms with van der Waals surface area (Å²) in [6, 6.07) is 49.1. The Balaban J connectivity index is 1.49. The molecule has 0 N–H and O–H groups in total. The maximum Gasteiger partial charge on any atom is 0.0809 e. The van der Waals surface area contributed by atoms with E-state index < -0.39 is 0 Å². The van der Waals surface area contributed by atoms with Gasteiger partial charge in [0.25, 0.3) is 0 Å². The van der Waals surface area contributed by atoms with Gasteiger partial charge in [-0.05, 0) is 77.3 Å². The molecule has 0 aliphatic rings. The summed E-state index contributed by atoms with van der Waals surface area (Å²) in [5.41, 5.74) is 8.20. The van der Waals surface area contributed by atoms with Crippen LogP contribution in [0.5, 0.6) is 0 Å². The van der Waals surface area contributed by atoms with E-state index in [1.165, 1.54) is 21.9 Å². The first-order valence-electron chi connectivity index (χ1n) is 15.1. The molecule has 0 aliphatic carbocycles. The standard InChI is InChI=1S/C42H23Cl5/c43-38-36(39(44)41(46)42(47)40(38)45)28-21-22-33-34(23-28)37(30-16-8-12-26-11-4-5-13-29(26)30)32-15-7-6-14-31(32)35(33)27-19-17-25(18-20-27)24-9-2-1-3-10-24/h1-23H. The molecule has 0 spiro atoms. The Morgan fingerprint density at radius 1 is 0.277 bits per heavy atom. The molecule has 0 fully saturated rings. The molecule has 0 aromatic heterocycles. The fourth-order valence-corrected chi connectivity index (χ4v) is 8.05. The van der Waals surface area contributed by atoms with Gasteiger partial charge in [0.05, 0.1) is 25.1 Å². The van der Waals surface area contributed by atoms with E-state index in [4.69, 9.17) is 58.0 Å². The van der Waals surface area contributed by atoms with Crippen molar-refractivity contribution in [2.75, 3.05) is 0 Å². The predicted molar refractivity (Wildman–Crippen MR) is 206 cm³/mol. The molecule has 0 radical (unpaired) electrons. The third-order valence-electron chi connectivity index (χ3n) is 8.86. The average molecular weight is 705 g/mol. The minimum atomic E-state index is 0.136. The molecule has 47 heavy (non-hydrogen) atoms. The van der Waals surface area contributed by atoms with Crippen LogP contribution in [-0.4, -0.2) is 0 Å². The first kappa shape index (κ1) is 30.3. The predicted octanol–water partition coefficient (Wildman–Crippen LogP) is 15.1. The zero-order valence-electron chi connectivity index (χ0n) is 24.7. The summed E-state index contributed by atoms with van der Waals surface area (Å²) in [5, 5.41) is 7.78. The number of rotatable bonds is 4. The van der Waals surface area contributed by atoms with Gasteiger partial charge in [-0.3, -0.25) is 0 Å². The number of fused-ring (bicyclic) bond motifs is 3. The Morgan fingerprint density at radius 3 is 1.47 bits per heavy atom. The Morgan fingerprint density at radius 2 is 0.766 bits per heavy atom. The van der Waals surface area contributed by atoms with Crippen LogP contribution in [-0.2, 0) is 0 Å². The molecule has 0 atom stereocenters. The van der Waals surface area contributed by atoms with Crippen LogP contribution >= 0.6 is 58.0 Å². The van der Waals surface area contributed by atoms with Gasteiger partial charge in [-0.2, -0.15) is 0 Å². The molecule has 226 valence electrons. The van der Waals surface area contributed by atoms with Gasteiger partial charge in [0.1, 0.15) is 0 Å². The molecule has 8 aromatic rings. The Labute approximate surface area is 297 Å². The largest absolute Gasteiger partial charge is 0.0819 e. The van der Waals surface area contributed by atoms with E-state index in [2.05, 4.69) is 127 Å². The molecule has 0 aliphatic heterocycles. The molecule has 0 amide bonds. The second-order valence-corrected chi connectivity index (χ2v) is 13.4. The lowest BCUT2D eigenvalue weighted by atomic mass is 9.83. The third-order valence-corrected chi connectivity index (χ3v) is 11.1. The van der Waals surface area contributed by atoms with E-state index in [0.717, 1.165) is 49.4 Å². The van der Waals surface area contributed by atoms with E-state index in [-0.39, 0.29) is 25.1 Å². The third kappa shape index (κ3) is 5.08. The van der Waals surface area contributed by atoms with Crippen LogP contribution in [0.25, 0.3) is 76.8 Å². The lowest BCUT2D eigenvalue weighted by molar-refractivity contribution is 1.61. The van der Waals surface area contributed by atoms with Crippen LogP contribution in [0.2, 0.25) is 25.1 Å². The van der Waals surface area contributed by atoms with E-state index in [1.54, 1.807) is 0 Å². The van der Waals surface area contributed by atoms with Crippen molar-refractivity contribution < 1.29 is 0 Å². The molecule has 5 heteroatoms. The van der Waals surface area contributed by atoms with Crippen LogP contribution in [0.1, 0.15) is 0 Å². The monoisotopic (exact) mass is 702 g/mol. The van der Waals surface area contributed by atoms with Crippen molar-refractivity contribution in [1.29, 1.82) is 0 Å². The lowest BCUT2D eigenvalue weighted by Gasteiger charge is -2.20. The van der Waals surface area contributed by atoms with E-state index in [1.807, 2.05) is 12.1 Å². The first-order valence-corrected chi connectivity index (χ1v) is 17.0. The van der Waals surface area contributed by atoms with Crippen molar-refractivity contribution in [2.24, 2.45) is 0 Å². The Bertz CT molecular complexity index is 2470.